The summed E-state index contributed by atoms with van der Waals surface area (Å²) in [4.78, 5) is 4.10. The van der Waals surface area contributed by atoms with Gasteiger partial charge >= 0.3 is 0 Å². The molecule has 0 unspecified atom stereocenters. The van der Waals surface area contributed by atoms with Gasteiger partial charge in [-0.1, -0.05) is 0 Å². The lowest BCUT2D eigenvalue weighted by Gasteiger charge is -2.08. The molecule has 0 saturated heterocycles. The second-order valence-corrected chi connectivity index (χ2v) is 4.72. The SMILES string of the molecule is NCc1cc(-c2cn[nH]c2-c2c(F)ccc(N)c2F)ccn1. The predicted molar refractivity (Wildman–Crippen MR) is 79.5 cm³/mol. The number of benzene rings is 1. The van der Waals surface area contributed by atoms with E-state index in [1.807, 2.05) is 0 Å². The Balaban J connectivity index is 2.20. The van der Waals surface area contributed by atoms with Crippen LogP contribution >= 0.6 is 0 Å². The number of hydrogen-bond acceptors (Lipinski definition) is 4. The molecule has 0 atom stereocenters. The topological polar surface area (TPSA) is 93.6 Å². The normalized spacial score (nSPS) is 10.9. The van der Waals surface area contributed by atoms with Crippen LogP contribution in [0.5, 0.6) is 0 Å². The maximum absolute atomic E-state index is 14.2. The molecule has 0 amide bonds. The molecule has 5 nitrogen and oxygen atoms in total. The van der Waals surface area contributed by atoms with Gasteiger partial charge in [0.1, 0.15) is 5.82 Å². The highest BCUT2D eigenvalue weighted by Crippen LogP contribution is 2.35. The van der Waals surface area contributed by atoms with Gasteiger partial charge in [0.25, 0.3) is 0 Å². The fraction of sp³-hybridized carbons (Fsp3) is 0.0667. The van der Waals surface area contributed by atoms with Crippen LogP contribution in [0.2, 0.25) is 0 Å². The van der Waals surface area contributed by atoms with Gasteiger partial charge in [-0.05, 0) is 29.8 Å². The quantitative estimate of drug-likeness (QED) is 0.648. The van der Waals surface area contributed by atoms with Crippen molar-refractivity contribution >= 4 is 5.69 Å². The van der Waals surface area contributed by atoms with Crippen molar-refractivity contribution in [3.63, 3.8) is 0 Å². The monoisotopic (exact) mass is 301 g/mol. The molecule has 0 radical (unpaired) electrons. The zero-order valence-electron chi connectivity index (χ0n) is 11.5. The van der Waals surface area contributed by atoms with E-state index in [9.17, 15) is 8.78 Å². The zero-order chi connectivity index (χ0) is 15.7. The van der Waals surface area contributed by atoms with Gasteiger partial charge in [-0.2, -0.15) is 5.10 Å². The van der Waals surface area contributed by atoms with Crippen LogP contribution in [0.3, 0.4) is 0 Å². The first-order valence-corrected chi connectivity index (χ1v) is 6.54. The van der Waals surface area contributed by atoms with Gasteiger partial charge in [0, 0.05) is 18.3 Å². The van der Waals surface area contributed by atoms with E-state index in [0.717, 1.165) is 6.07 Å². The molecule has 0 aliphatic carbocycles. The average molecular weight is 301 g/mol. The summed E-state index contributed by atoms with van der Waals surface area (Å²) in [5.41, 5.74) is 12.9. The number of aromatic nitrogens is 3. The van der Waals surface area contributed by atoms with Crippen molar-refractivity contribution in [3.8, 4) is 22.4 Å². The van der Waals surface area contributed by atoms with Gasteiger partial charge in [-0.25, -0.2) is 8.78 Å². The first-order valence-electron chi connectivity index (χ1n) is 6.54. The largest absolute Gasteiger partial charge is 0.396 e. The molecule has 2 aromatic heterocycles. The molecular formula is C15H13F2N5. The molecule has 3 aromatic rings. The molecule has 1 aromatic carbocycles. The van der Waals surface area contributed by atoms with Gasteiger partial charge in [-0.3, -0.25) is 10.1 Å². The summed E-state index contributed by atoms with van der Waals surface area (Å²) in [5, 5.41) is 6.52. The van der Waals surface area contributed by atoms with Gasteiger partial charge in [0.2, 0.25) is 0 Å². The minimum absolute atomic E-state index is 0.130. The van der Waals surface area contributed by atoms with Crippen LogP contribution in [0.15, 0.2) is 36.7 Å². The van der Waals surface area contributed by atoms with Gasteiger partial charge in [-0.15, -0.1) is 0 Å². The van der Waals surface area contributed by atoms with Gasteiger partial charge < -0.3 is 11.5 Å². The van der Waals surface area contributed by atoms with Crippen LogP contribution in [-0.4, -0.2) is 15.2 Å². The first kappa shape index (κ1) is 14.2. The van der Waals surface area contributed by atoms with E-state index in [4.69, 9.17) is 11.5 Å². The fourth-order valence-corrected chi connectivity index (χ4v) is 2.25. The maximum Gasteiger partial charge on any atom is 0.158 e. The number of hydrogen-bond donors (Lipinski definition) is 3. The summed E-state index contributed by atoms with van der Waals surface area (Å²) in [6.07, 6.45) is 3.08. The van der Waals surface area contributed by atoms with Crippen molar-refractivity contribution in [2.24, 2.45) is 5.73 Å². The number of nitrogens with two attached hydrogens (primary N) is 2. The molecule has 0 aliphatic rings. The Morgan fingerprint density at radius 1 is 1.18 bits per heavy atom. The number of rotatable bonds is 3. The summed E-state index contributed by atoms with van der Waals surface area (Å²) < 4.78 is 28.3. The van der Waals surface area contributed by atoms with Gasteiger partial charge in [0.05, 0.1) is 28.8 Å². The summed E-state index contributed by atoms with van der Waals surface area (Å²) >= 11 is 0. The molecule has 7 heteroatoms. The number of aromatic amines is 1. The smallest absolute Gasteiger partial charge is 0.158 e. The van der Waals surface area contributed by atoms with Gasteiger partial charge in [0.15, 0.2) is 5.82 Å². The summed E-state index contributed by atoms with van der Waals surface area (Å²) in [7, 11) is 0. The molecule has 0 saturated carbocycles. The number of halogens is 2. The minimum Gasteiger partial charge on any atom is -0.396 e. The van der Waals surface area contributed by atoms with E-state index < -0.39 is 11.6 Å². The molecule has 112 valence electrons. The molecule has 3 rings (SSSR count). The average Bonchev–Trinajstić information content (AvgIpc) is 3.01. The predicted octanol–water partition coefficient (Wildman–Crippen LogP) is 2.46. The Morgan fingerprint density at radius 3 is 2.77 bits per heavy atom. The molecule has 5 N–H and O–H groups in total. The lowest BCUT2D eigenvalue weighted by Crippen LogP contribution is -2.00. The number of nitrogen functional groups attached to an aromatic ring is 1. The Bertz CT molecular complexity index is 829. The summed E-state index contributed by atoms with van der Waals surface area (Å²) in [6, 6.07) is 5.77. The lowest BCUT2D eigenvalue weighted by atomic mass is 10.0. The number of H-pyrrole nitrogens is 1. The summed E-state index contributed by atoms with van der Waals surface area (Å²) in [5.74, 6) is -1.54. The molecule has 22 heavy (non-hydrogen) atoms. The van der Waals surface area contributed by atoms with E-state index in [-0.39, 0.29) is 23.5 Å². The van der Waals surface area contributed by atoms with E-state index in [2.05, 4.69) is 15.2 Å². The minimum atomic E-state index is -0.821. The highest BCUT2D eigenvalue weighted by Gasteiger charge is 2.20. The van der Waals surface area contributed by atoms with Crippen molar-refractivity contribution in [2.75, 3.05) is 5.73 Å². The third-order valence-electron chi connectivity index (χ3n) is 3.35. The van der Waals surface area contributed by atoms with Crippen LogP contribution < -0.4 is 11.5 Å². The van der Waals surface area contributed by atoms with Crippen molar-refractivity contribution in [1.29, 1.82) is 0 Å². The van der Waals surface area contributed by atoms with Crippen molar-refractivity contribution in [2.45, 2.75) is 6.54 Å². The lowest BCUT2D eigenvalue weighted by molar-refractivity contribution is 0.591. The van der Waals surface area contributed by atoms with E-state index >= 15 is 0 Å². The molecule has 0 bridgehead atoms. The van der Waals surface area contributed by atoms with E-state index in [1.54, 1.807) is 18.3 Å². The van der Waals surface area contributed by atoms with Crippen LogP contribution in [0.1, 0.15) is 5.69 Å². The van der Waals surface area contributed by atoms with Crippen LogP contribution in [0.25, 0.3) is 22.4 Å². The Morgan fingerprint density at radius 2 is 2.00 bits per heavy atom. The van der Waals surface area contributed by atoms with E-state index in [0.29, 0.717) is 16.8 Å². The van der Waals surface area contributed by atoms with E-state index in [1.165, 1.54) is 12.3 Å². The third-order valence-corrected chi connectivity index (χ3v) is 3.35. The number of anilines is 1. The molecule has 2 heterocycles. The first-order chi connectivity index (χ1) is 10.6. The highest BCUT2D eigenvalue weighted by molar-refractivity contribution is 5.82. The van der Waals surface area contributed by atoms with Crippen molar-refractivity contribution < 1.29 is 8.78 Å². The number of nitrogens with zero attached hydrogens (tertiary/aromatic N) is 2. The Labute approximate surface area is 125 Å². The third kappa shape index (κ3) is 2.31. The zero-order valence-corrected chi connectivity index (χ0v) is 11.5. The molecular weight excluding hydrogens is 288 g/mol. The standard InChI is InChI=1S/C15H13F2N5/c16-11-1-2-12(19)14(17)13(11)15-10(7-21-22-15)8-3-4-20-9(5-8)6-18/h1-5,7H,6,18-19H2,(H,21,22). The molecule has 0 spiro atoms. The van der Waals surface area contributed by atoms with Crippen molar-refractivity contribution in [3.05, 3.63) is 54.0 Å². The van der Waals surface area contributed by atoms with Crippen LogP contribution in [0.4, 0.5) is 14.5 Å². The molecule has 0 aliphatic heterocycles. The number of nitrogens with one attached hydrogen (secondary N) is 1. The fourth-order valence-electron chi connectivity index (χ4n) is 2.25. The molecule has 0 fully saturated rings. The highest BCUT2D eigenvalue weighted by atomic mass is 19.1. The second-order valence-electron chi connectivity index (χ2n) is 4.72. The summed E-state index contributed by atoms with van der Waals surface area (Å²) in [6.45, 7) is 0.266. The van der Waals surface area contributed by atoms with Crippen LogP contribution in [0, 0.1) is 11.6 Å². The Kier molecular flexibility index (Phi) is 3.56. The second kappa shape index (κ2) is 5.53. The number of pyridine rings is 1. The van der Waals surface area contributed by atoms with Crippen LogP contribution in [-0.2, 0) is 6.54 Å². The Hall–Kier alpha value is -2.80. The van der Waals surface area contributed by atoms with Crippen molar-refractivity contribution in [1.82, 2.24) is 15.2 Å². The maximum atomic E-state index is 14.2.